The molecule has 1 aliphatic heterocycles. The summed E-state index contributed by atoms with van der Waals surface area (Å²) in [6.45, 7) is 1.38. The van der Waals surface area contributed by atoms with Crippen LogP contribution in [0.1, 0.15) is 38.1 Å². The van der Waals surface area contributed by atoms with Gasteiger partial charge >= 0.3 is 0 Å². The average Bonchev–Trinajstić information content (AvgIpc) is 3.72. The van der Waals surface area contributed by atoms with Crippen LogP contribution in [0, 0.1) is 5.92 Å². The third-order valence-electron chi connectivity index (χ3n) is 7.46. The third-order valence-corrected chi connectivity index (χ3v) is 7.46. The summed E-state index contributed by atoms with van der Waals surface area (Å²) in [5.41, 5.74) is 5.04. The fraction of sp³-hybridized carbons (Fsp3) is 0.393. The van der Waals surface area contributed by atoms with Crippen LogP contribution < -0.4 is 5.32 Å². The van der Waals surface area contributed by atoms with Crippen molar-refractivity contribution >= 4 is 5.91 Å². The minimum Gasteiger partial charge on any atom is -0.379 e. The largest absolute Gasteiger partial charge is 0.379 e. The summed E-state index contributed by atoms with van der Waals surface area (Å²) < 4.78 is 9.21. The molecule has 1 unspecified atom stereocenters. The lowest BCUT2D eigenvalue weighted by atomic mass is 9.85. The highest BCUT2D eigenvalue weighted by Crippen LogP contribution is 2.33. The van der Waals surface area contributed by atoms with Crippen molar-refractivity contribution in [3.05, 3.63) is 61.4 Å². The molecule has 0 bridgehead atoms. The molecular formula is C28H31N7O2. The van der Waals surface area contributed by atoms with E-state index < -0.39 is 0 Å². The highest BCUT2D eigenvalue weighted by atomic mass is 16.5. The first-order valence-corrected chi connectivity index (χ1v) is 13.0. The van der Waals surface area contributed by atoms with Crippen LogP contribution >= 0.6 is 0 Å². The summed E-state index contributed by atoms with van der Waals surface area (Å²) in [6, 6.07) is 8.67. The predicted octanol–water partition coefficient (Wildman–Crippen LogP) is 4.04. The number of hydrogen-bond donors (Lipinski definition) is 1. The van der Waals surface area contributed by atoms with Crippen molar-refractivity contribution in [1.29, 1.82) is 0 Å². The second-order valence-corrected chi connectivity index (χ2v) is 10.1. The van der Waals surface area contributed by atoms with Crippen molar-refractivity contribution in [3.8, 4) is 33.6 Å². The van der Waals surface area contributed by atoms with Gasteiger partial charge in [0.1, 0.15) is 0 Å². The minimum absolute atomic E-state index is 0.0875. The average molecular weight is 498 g/mol. The van der Waals surface area contributed by atoms with Gasteiger partial charge in [0.15, 0.2) is 5.82 Å². The van der Waals surface area contributed by atoms with E-state index >= 15 is 0 Å². The molecule has 4 aromatic rings. The summed E-state index contributed by atoms with van der Waals surface area (Å²) >= 11 is 0. The number of rotatable bonds is 6. The number of aryl methyl sites for hydroxylation is 1. The van der Waals surface area contributed by atoms with Crippen LogP contribution in [0.2, 0.25) is 0 Å². The van der Waals surface area contributed by atoms with Crippen molar-refractivity contribution in [3.63, 3.8) is 0 Å². The number of nitrogens with zero attached hydrogens (tertiary/aromatic N) is 6. The molecule has 9 heteroatoms. The van der Waals surface area contributed by atoms with Gasteiger partial charge in [-0.15, -0.1) is 0 Å². The number of nitrogens with one attached hydrogen (secondary N) is 1. The molecule has 1 N–H and O–H groups in total. The van der Waals surface area contributed by atoms with E-state index in [1.165, 1.54) is 0 Å². The van der Waals surface area contributed by atoms with Crippen LogP contribution in [0.4, 0.5) is 0 Å². The molecule has 3 aromatic heterocycles. The Kier molecular flexibility index (Phi) is 6.53. The van der Waals surface area contributed by atoms with Crippen LogP contribution in [0.25, 0.3) is 33.6 Å². The smallest absolute Gasteiger partial charge is 0.223 e. The molecule has 1 aliphatic carbocycles. The van der Waals surface area contributed by atoms with Crippen LogP contribution in [-0.4, -0.2) is 54.7 Å². The van der Waals surface area contributed by atoms with Gasteiger partial charge in [0.05, 0.1) is 31.1 Å². The van der Waals surface area contributed by atoms with Crippen molar-refractivity contribution in [2.75, 3.05) is 13.2 Å². The van der Waals surface area contributed by atoms with E-state index in [2.05, 4.69) is 43.8 Å². The Balaban J connectivity index is 1.09. The molecule has 2 aliphatic rings. The Bertz CT molecular complexity index is 1360. The standard InChI is InChI=1S/C28H31N7O2/c1-34-16-23(14-31-34)20-3-2-4-21(11-20)27-29-12-22(13-30-27)24-15-32-35(17-24)26-7-5-19(6-8-26)28(36)33-25-9-10-37-18-25/h2-4,11-17,19,25-26H,5-10,18H2,1H3,(H,33,36)/t19-,25?,26-. The first kappa shape index (κ1) is 23.5. The molecule has 4 heterocycles. The normalized spacial score (nSPS) is 21.7. The fourth-order valence-corrected chi connectivity index (χ4v) is 5.29. The van der Waals surface area contributed by atoms with Gasteiger partial charge in [0.2, 0.25) is 5.91 Å². The number of hydrogen-bond acceptors (Lipinski definition) is 6. The molecule has 1 saturated carbocycles. The van der Waals surface area contributed by atoms with Gasteiger partial charge in [-0.05, 0) is 43.7 Å². The first-order chi connectivity index (χ1) is 18.1. The van der Waals surface area contributed by atoms with Crippen molar-refractivity contribution in [1.82, 2.24) is 34.8 Å². The quantitative estimate of drug-likeness (QED) is 0.432. The van der Waals surface area contributed by atoms with Crippen molar-refractivity contribution < 1.29 is 9.53 Å². The van der Waals surface area contributed by atoms with Crippen molar-refractivity contribution in [2.45, 2.75) is 44.2 Å². The van der Waals surface area contributed by atoms with Gasteiger partial charge in [0, 0.05) is 66.6 Å². The molecule has 0 radical (unpaired) electrons. The van der Waals surface area contributed by atoms with Crippen LogP contribution in [0.5, 0.6) is 0 Å². The topological polar surface area (TPSA) is 99.8 Å². The number of benzene rings is 1. The van der Waals surface area contributed by atoms with Gasteiger partial charge in [-0.1, -0.05) is 18.2 Å². The third kappa shape index (κ3) is 5.17. The lowest BCUT2D eigenvalue weighted by Crippen LogP contribution is -2.40. The maximum Gasteiger partial charge on any atom is 0.223 e. The molecule has 1 atom stereocenters. The van der Waals surface area contributed by atoms with Crippen molar-refractivity contribution in [2.24, 2.45) is 13.0 Å². The zero-order valence-corrected chi connectivity index (χ0v) is 21.0. The second kappa shape index (κ2) is 10.3. The van der Waals surface area contributed by atoms with Crippen LogP contribution in [0.3, 0.4) is 0 Å². The fourth-order valence-electron chi connectivity index (χ4n) is 5.29. The molecule has 0 spiro atoms. The Hall–Kier alpha value is -3.85. The SMILES string of the molecule is Cn1cc(-c2cccc(-c3ncc(-c4cnn([C@H]5CC[C@H](C(=O)NC6CCOC6)CC5)c4)cn3)c2)cn1. The Morgan fingerprint density at radius 1 is 0.892 bits per heavy atom. The number of carbonyl (C=O) groups is 1. The minimum atomic E-state index is 0.0875. The van der Waals surface area contributed by atoms with Gasteiger partial charge in [-0.25, -0.2) is 9.97 Å². The van der Waals surface area contributed by atoms with E-state index in [0.717, 1.165) is 66.5 Å². The molecular weight excluding hydrogens is 466 g/mol. The number of carbonyl (C=O) groups excluding carboxylic acids is 1. The van der Waals surface area contributed by atoms with Gasteiger partial charge in [-0.3, -0.25) is 14.2 Å². The molecule has 6 rings (SSSR count). The van der Waals surface area contributed by atoms with Crippen LogP contribution in [0.15, 0.2) is 61.4 Å². The van der Waals surface area contributed by atoms with Gasteiger partial charge in [-0.2, -0.15) is 10.2 Å². The summed E-state index contributed by atoms with van der Waals surface area (Å²) in [4.78, 5) is 21.9. The lowest BCUT2D eigenvalue weighted by molar-refractivity contribution is -0.126. The molecule has 1 amide bonds. The summed E-state index contributed by atoms with van der Waals surface area (Å²) in [6.07, 6.45) is 16.1. The molecule has 1 aromatic carbocycles. The summed E-state index contributed by atoms with van der Waals surface area (Å²) in [7, 11) is 1.91. The molecule has 9 nitrogen and oxygen atoms in total. The van der Waals surface area contributed by atoms with E-state index in [9.17, 15) is 4.79 Å². The maximum absolute atomic E-state index is 12.6. The predicted molar refractivity (Wildman–Crippen MR) is 139 cm³/mol. The molecule has 37 heavy (non-hydrogen) atoms. The maximum atomic E-state index is 12.6. The summed E-state index contributed by atoms with van der Waals surface area (Å²) in [5.74, 6) is 0.949. The highest BCUT2D eigenvalue weighted by molar-refractivity contribution is 5.79. The van der Waals surface area contributed by atoms with Gasteiger partial charge in [0.25, 0.3) is 0 Å². The second-order valence-electron chi connectivity index (χ2n) is 10.1. The van der Waals surface area contributed by atoms with E-state index in [4.69, 9.17) is 4.74 Å². The molecule has 2 fully saturated rings. The number of aromatic nitrogens is 6. The van der Waals surface area contributed by atoms with E-state index in [1.807, 2.05) is 54.8 Å². The van der Waals surface area contributed by atoms with E-state index in [0.29, 0.717) is 18.5 Å². The monoisotopic (exact) mass is 497 g/mol. The Morgan fingerprint density at radius 2 is 1.65 bits per heavy atom. The number of ether oxygens (including phenoxy) is 1. The molecule has 190 valence electrons. The Labute approximate surface area is 215 Å². The zero-order valence-electron chi connectivity index (χ0n) is 21.0. The summed E-state index contributed by atoms with van der Waals surface area (Å²) in [5, 5.41) is 12.0. The first-order valence-electron chi connectivity index (χ1n) is 13.0. The van der Waals surface area contributed by atoms with Gasteiger partial charge < -0.3 is 10.1 Å². The lowest BCUT2D eigenvalue weighted by Gasteiger charge is -2.28. The van der Waals surface area contributed by atoms with E-state index in [1.54, 1.807) is 4.68 Å². The van der Waals surface area contributed by atoms with E-state index in [-0.39, 0.29) is 17.9 Å². The molecule has 1 saturated heterocycles. The number of amides is 1. The van der Waals surface area contributed by atoms with Crippen LogP contribution in [-0.2, 0) is 16.6 Å². The Morgan fingerprint density at radius 3 is 2.38 bits per heavy atom. The zero-order chi connectivity index (χ0) is 25.2. The highest BCUT2D eigenvalue weighted by Gasteiger charge is 2.29.